The van der Waals surface area contributed by atoms with E-state index in [2.05, 4.69) is 41.2 Å². The molecule has 1 fully saturated rings. The topological polar surface area (TPSA) is 37.4 Å². The van der Waals surface area contributed by atoms with Gasteiger partial charge in [-0.15, -0.1) is 0 Å². The highest BCUT2D eigenvalue weighted by molar-refractivity contribution is 5.44. The first kappa shape index (κ1) is 14.3. The second-order valence-electron chi connectivity index (χ2n) is 5.07. The average molecular weight is 263 g/mol. The van der Waals surface area contributed by atoms with Crippen LogP contribution in [0.25, 0.3) is 0 Å². The third-order valence-electron chi connectivity index (χ3n) is 3.50. The van der Waals surface area contributed by atoms with E-state index in [1.54, 1.807) is 0 Å². The summed E-state index contributed by atoms with van der Waals surface area (Å²) in [6.45, 7) is 9.09. The summed E-state index contributed by atoms with van der Waals surface area (Å²) in [6.07, 6.45) is 4.23. The molecule has 19 heavy (non-hydrogen) atoms. The third-order valence-corrected chi connectivity index (χ3v) is 3.50. The summed E-state index contributed by atoms with van der Waals surface area (Å²) in [4.78, 5) is 6.95. The van der Waals surface area contributed by atoms with Gasteiger partial charge in [0.05, 0.1) is 24.2 Å². The maximum absolute atomic E-state index is 5.48. The Balaban J connectivity index is 1.96. The molecule has 0 spiro atoms. The predicted molar refractivity (Wildman–Crippen MR) is 78.6 cm³/mol. The third kappa shape index (κ3) is 4.18. The Bertz CT molecular complexity index is 358. The van der Waals surface area contributed by atoms with Gasteiger partial charge in [0, 0.05) is 25.7 Å². The molecule has 0 amide bonds. The first-order chi connectivity index (χ1) is 9.31. The van der Waals surface area contributed by atoms with Crippen molar-refractivity contribution in [1.82, 2.24) is 10.3 Å². The Kier molecular flexibility index (Phi) is 5.61. The van der Waals surface area contributed by atoms with E-state index in [4.69, 9.17) is 4.74 Å². The Morgan fingerprint density at radius 1 is 1.37 bits per heavy atom. The van der Waals surface area contributed by atoms with Gasteiger partial charge in [0.15, 0.2) is 0 Å². The second-order valence-corrected chi connectivity index (χ2v) is 5.07. The van der Waals surface area contributed by atoms with Gasteiger partial charge in [-0.2, -0.15) is 0 Å². The van der Waals surface area contributed by atoms with E-state index in [0.717, 1.165) is 51.4 Å². The lowest BCUT2D eigenvalue weighted by molar-refractivity contribution is 0.152. The van der Waals surface area contributed by atoms with Crippen LogP contribution in [0.2, 0.25) is 0 Å². The lowest BCUT2D eigenvalue weighted by atomic mass is 10.2. The molecule has 1 aliphatic rings. The van der Waals surface area contributed by atoms with Crippen LogP contribution in [0, 0.1) is 0 Å². The van der Waals surface area contributed by atoms with Gasteiger partial charge in [-0.05, 0) is 38.4 Å². The fourth-order valence-electron chi connectivity index (χ4n) is 2.31. The van der Waals surface area contributed by atoms with Crippen LogP contribution in [0.3, 0.4) is 0 Å². The quantitative estimate of drug-likeness (QED) is 0.885. The van der Waals surface area contributed by atoms with E-state index in [1.807, 2.05) is 6.20 Å². The predicted octanol–water partition coefficient (Wildman–Crippen LogP) is 2.37. The fourth-order valence-corrected chi connectivity index (χ4v) is 2.31. The first-order valence-electron chi connectivity index (χ1n) is 7.33. The Hall–Kier alpha value is -1.13. The minimum atomic E-state index is 0.321. The molecule has 0 radical (unpaired) electrons. The Morgan fingerprint density at radius 3 is 3.00 bits per heavy atom. The van der Waals surface area contributed by atoms with E-state index in [1.165, 1.54) is 5.69 Å². The molecule has 1 aliphatic heterocycles. The normalized spacial score (nSPS) is 18.1. The summed E-state index contributed by atoms with van der Waals surface area (Å²) in [5, 5.41) is 3.46. The van der Waals surface area contributed by atoms with E-state index in [9.17, 15) is 0 Å². The van der Waals surface area contributed by atoms with Gasteiger partial charge in [-0.3, -0.25) is 4.98 Å². The molecule has 0 aliphatic carbocycles. The molecule has 1 aromatic rings. The molecule has 0 aromatic carbocycles. The minimum Gasteiger partial charge on any atom is -0.380 e. The standard InChI is InChI=1S/C15H25N3O/c1-3-7-16-13(2)15-6-5-14(12-17-15)18-8-4-10-19-11-9-18/h5-6,12-13,16H,3-4,7-11H2,1-2H3. The summed E-state index contributed by atoms with van der Waals surface area (Å²) >= 11 is 0. The molecule has 2 heterocycles. The van der Waals surface area contributed by atoms with E-state index >= 15 is 0 Å². The van der Waals surface area contributed by atoms with Gasteiger partial charge in [0.25, 0.3) is 0 Å². The number of ether oxygens (including phenoxy) is 1. The molecule has 1 unspecified atom stereocenters. The molecular weight excluding hydrogens is 238 g/mol. The number of nitrogens with one attached hydrogen (secondary N) is 1. The van der Waals surface area contributed by atoms with Gasteiger partial charge < -0.3 is 15.0 Å². The Labute approximate surface area is 116 Å². The van der Waals surface area contributed by atoms with Crippen LogP contribution in [0.15, 0.2) is 18.3 Å². The van der Waals surface area contributed by atoms with Crippen molar-refractivity contribution >= 4 is 5.69 Å². The summed E-state index contributed by atoms with van der Waals surface area (Å²) < 4.78 is 5.48. The van der Waals surface area contributed by atoms with E-state index in [0.29, 0.717) is 6.04 Å². The van der Waals surface area contributed by atoms with E-state index in [-0.39, 0.29) is 0 Å². The number of nitrogens with zero attached hydrogens (tertiary/aromatic N) is 2. The maximum atomic E-state index is 5.48. The number of rotatable bonds is 5. The monoisotopic (exact) mass is 263 g/mol. The molecule has 2 rings (SSSR count). The lowest BCUT2D eigenvalue weighted by Gasteiger charge is -2.22. The summed E-state index contributed by atoms with van der Waals surface area (Å²) in [6, 6.07) is 4.63. The van der Waals surface area contributed by atoms with Crippen LogP contribution in [-0.4, -0.2) is 37.8 Å². The number of anilines is 1. The van der Waals surface area contributed by atoms with Crippen LogP contribution in [0.4, 0.5) is 5.69 Å². The van der Waals surface area contributed by atoms with Gasteiger partial charge in [-0.25, -0.2) is 0 Å². The van der Waals surface area contributed by atoms with Crippen molar-refractivity contribution in [3.05, 3.63) is 24.0 Å². The summed E-state index contributed by atoms with van der Waals surface area (Å²) in [5.41, 5.74) is 2.32. The van der Waals surface area contributed by atoms with Crippen LogP contribution in [0.5, 0.6) is 0 Å². The van der Waals surface area contributed by atoms with Crippen molar-refractivity contribution in [2.75, 3.05) is 37.7 Å². The molecule has 0 bridgehead atoms. The van der Waals surface area contributed by atoms with Crippen molar-refractivity contribution in [2.45, 2.75) is 32.7 Å². The Morgan fingerprint density at radius 2 is 2.26 bits per heavy atom. The van der Waals surface area contributed by atoms with Gasteiger partial charge in [0.2, 0.25) is 0 Å². The zero-order valence-electron chi connectivity index (χ0n) is 12.1. The highest BCUT2D eigenvalue weighted by atomic mass is 16.5. The second kappa shape index (κ2) is 7.46. The van der Waals surface area contributed by atoms with Crippen molar-refractivity contribution in [1.29, 1.82) is 0 Å². The number of hydrogen-bond donors (Lipinski definition) is 1. The van der Waals surface area contributed by atoms with Crippen LogP contribution < -0.4 is 10.2 Å². The molecule has 106 valence electrons. The van der Waals surface area contributed by atoms with Crippen molar-refractivity contribution in [3.8, 4) is 0 Å². The molecule has 1 saturated heterocycles. The molecule has 1 aromatic heterocycles. The molecule has 0 saturated carbocycles. The first-order valence-corrected chi connectivity index (χ1v) is 7.33. The zero-order valence-corrected chi connectivity index (χ0v) is 12.1. The lowest BCUT2D eigenvalue weighted by Crippen LogP contribution is -2.26. The zero-order chi connectivity index (χ0) is 13.5. The largest absolute Gasteiger partial charge is 0.380 e. The maximum Gasteiger partial charge on any atom is 0.0641 e. The van der Waals surface area contributed by atoms with Crippen LogP contribution >= 0.6 is 0 Å². The van der Waals surface area contributed by atoms with Crippen LogP contribution in [0.1, 0.15) is 38.4 Å². The molecule has 1 N–H and O–H groups in total. The van der Waals surface area contributed by atoms with Gasteiger partial charge in [-0.1, -0.05) is 6.92 Å². The van der Waals surface area contributed by atoms with Crippen molar-refractivity contribution in [3.63, 3.8) is 0 Å². The van der Waals surface area contributed by atoms with Crippen molar-refractivity contribution < 1.29 is 4.74 Å². The molecule has 4 nitrogen and oxygen atoms in total. The number of pyridine rings is 1. The van der Waals surface area contributed by atoms with Crippen molar-refractivity contribution in [2.24, 2.45) is 0 Å². The number of aromatic nitrogens is 1. The molecular formula is C15H25N3O. The fraction of sp³-hybridized carbons (Fsp3) is 0.667. The highest BCUT2D eigenvalue weighted by Gasteiger charge is 2.11. The van der Waals surface area contributed by atoms with E-state index < -0.39 is 0 Å². The summed E-state index contributed by atoms with van der Waals surface area (Å²) in [7, 11) is 0. The summed E-state index contributed by atoms with van der Waals surface area (Å²) in [5.74, 6) is 0. The highest BCUT2D eigenvalue weighted by Crippen LogP contribution is 2.17. The minimum absolute atomic E-state index is 0.321. The average Bonchev–Trinajstić information content (AvgIpc) is 2.74. The smallest absolute Gasteiger partial charge is 0.0641 e. The number of hydrogen-bond acceptors (Lipinski definition) is 4. The van der Waals surface area contributed by atoms with Crippen LogP contribution in [-0.2, 0) is 4.74 Å². The molecule has 4 heteroatoms. The van der Waals surface area contributed by atoms with Gasteiger partial charge in [0.1, 0.15) is 0 Å². The molecule has 1 atom stereocenters. The van der Waals surface area contributed by atoms with Gasteiger partial charge >= 0.3 is 0 Å². The SMILES string of the molecule is CCCNC(C)c1ccc(N2CCCOCC2)cn1.